The molecule has 1 aliphatic rings. The standard InChI is InChI=1S/C18H20FNO/c1-12(20-2)16-8-7-15(19)10-18(16)21-11-14-9-13-5-3-4-6-17(13)14/h3-8,10,12,14,20H,9,11H2,1-2H3. The van der Waals surface area contributed by atoms with E-state index in [2.05, 4.69) is 29.6 Å². The Kier molecular flexibility index (Phi) is 3.93. The number of benzene rings is 2. The monoisotopic (exact) mass is 285 g/mol. The summed E-state index contributed by atoms with van der Waals surface area (Å²) in [7, 11) is 1.89. The quantitative estimate of drug-likeness (QED) is 0.901. The Labute approximate surface area is 125 Å². The van der Waals surface area contributed by atoms with Crippen molar-refractivity contribution in [3.63, 3.8) is 0 Å². The summed E-state index contributed by atoms with van der Waals surface area (Å²) >= 11 is 0. The van der Waals surface area contributed by atoms with Crippen molar-refractivity contribution in [1.82, 2.24) is 5.32 Å². The maximum Gasteiger partial charge on any atom is 0.127 e. The first-order chi connectivity index (χ1) is 10.2. The van der Waals surface area contributed by atoms with Gasteiger partial charge in [-0.1, -0.05) is 30.3 Å². The van der Waals surface area contributed by atoms with Crippen LogP contribution in [0.2, 0.25) is 0 Å². The van der Waals surface area contributed by atoms with Gasteiger partial charge in [-0.15, -0.1) is 0 Å². The molecule has 0 spiro atoms. The molecule has 0 saturated heterocycles. The van der Waals surface area contributed by atoms with Crippen molar-refractivity contribution >= 4 is 0 Å². The second-order valence-electron chi connectivity index (χ2n) is 5.60. The molecule has 3 rings (SSSR count). The van der Waals surface area contributed by atoms with E-state index >= 15 is 0 Å². The van der Waals surface area contributed by atoms with Gasteiger partial charge in [-0.25, -0.2) is 4.39 Å². The molecule has 2 unspecified atom stereocenters. The molecule has 1 N–H and O–H groups in total. The molecule has 0 aliphatic heterocycles. The van der Waals surface area contributed by atoms with Crippen LogP contribution >= 0.6 is 0 Å². The van der Waals surface area contributed by atoms with Crippen molar-refractivity contribution < 1.29 is 9.13 Å². The van der Waals surface area contributed by atoms with Gasteiger partial charge in [0.15, 0.2) is 0 Å². The van der Waals surface area contributed by atoms with Crippen LogP contribution in [0.25, 0.3) is 0 Å². The Balaban J connectivity index is 1.73. The zero-order chi connectivity index (χ0) is 14.8. The highest BCUT2D eigenvalue weighted by Crippen LogP contribution is 2.36. The smallest absolute Gasteiger partial charge is 0.127 e. The molecule has 0 amide bonds. The Morgan fingerprint density at radius 1 is 1.29 bits per heavy atom. The molecule has 0 bridgehead atoms. The fourth-order valence-electron chi connectivity index (χ4n) is 2.85. The van der Waals surface area contributed by atoms with Gasteiger partial charge in [-0.3, -0.25) is 0 Å². The fraction of sp³-hybridized carbons (Fsp3) is 0.333. The first-order valence-electron chi connectivity index (χ1n) is 7.36. The Bertz CT molecular complexity index is 641. The van der Waals surface area contributed by atoms with Crippen molar-refractivity contribution in [3.8, 4) is 5.75 Å². The maximum atomic E-state index is 13.5. The number of nitrogens with one attached hydrogen (secondary N) is 1. The second-order valence-corrected chi connectivity index (χ2v) is 5.60. The Morgan fingerprint density at radius 2 is 2.10 bits per heavy atom. The van der Waals surface area contributed by atoms with Gasteiger partial charge in [0.25, 0.3) is 0 Å². The third-order valence-corrected chi connectivity index (χ3v) is 4.28. The minimum absolute atomic E-state index is 0.134. The maximum absolute atomic E-state index is 13.5. The number of hydrogen-bond donors (Lipinski definition) is 1. The Morgan fingerprint density at radius 3 is 2.86 bits per heavy atom. The van der Waals surface area contributed by atoms with Crippen LogP contribution in [-0.4, -0.2) is 13.7 Å². The fourth-order valence-corrected chi connectivity index (χ4v) is 2.85. The largest absolute Gasteiger partial charge is 0.492 e. The molecule has 0 fully saturated rings. The van der Waals surface area contributed by atoms with Crippen LogP contribution in [0.4, 0.5) is 4.39 Å². The van der Waals surface area contributed by atoms with Crippen molar-refractivity contribution in [2.45, 2.75) is 25.3 Å². The summed E-state index contributed by atoms with van der Waals surface area (Å²) < 4.78 is 19.4. The molecule has 0 aromatic heterocycles. The zero-order valence-corrected chi connectivity index (χ0v) is 12.4. The Hall–Kier alpha value is -1.87. The average Bonchev–Trinajstić information content (AvgIpc) is 2.47. The van der Waals surface area contributed by atoms with E-state index in [0.29, 0.717) is 18.3 Å². The summed E-state index contributed by atoms with van der Waals surface area (Å²) in [6, 6.07) is 13.3. The lowest BCUT2D eigenvalue weighted by molar-refractivity contribution is 0.270. The van der Waals surface area contributed by atoms with Gasteiger partial charge in [-0.05, 0) is 37.6 Å². The molecule has 0 heterocycles. The summed E-state index contributed by atoms with van der Waals surface area (Å²) in [4.78, 5) is 0. The molecule has 110 valence electrons. The summed E-state index contributed by atoms with van der Waals surface area (Å²) in [5.41, 5.74) is 3.75. The second kappa shape index (κ2) is 5.86. The van der Waals surface area contributed by atoms with Crippen molar-refractivity contribution in [2.75, 3.05) is 13.7 Å². The lowest BCUT2D eigenvalue weighted by atomic mass is 9.78. The van der Waals surface area contributed by atoms with Crippen LogP contribution < -0.4 is 10.1 Å². The normalized spacial score (nSPS) is 17.8. The van der Waals surface area contributed by atoms with Gasteiger partial charge < -0.3 is 10.1 Å². The summed E-state index contributed by atoms with van der Waals surface area (Å²) in [5, 5.41) is 3.17. The summed E-state index contributed by atoms with van der Waals surface area (Å²) in [5.74, 6) is 0.800. The van der Waals surface area contributed by atoms with Crippen LogP contribution in [0, 0.1) is 5.82 Å². The minimum Gasteiger partial charge on any atom is -0.492 e. The highest BCUT2D eigenvalue weighted by molar-refractivity contribution is 5.41. The predicted molar refractivity (Wildman–Crippen MR) is 82.3 cm³/mol. The molecule has 0 saturated carbocycles. The van der Waals surface area contributed by atoms with E-state index in [0.717, 1.165) is 12.0 Å². The van der Waals surface area contributed by atoms with E-state index in [1.165, 1.54) is 23.3 Å². The third-order valence-electron chi connectivity index (χ3n) is 4.28. The SMILES string of the molecule is CNC(C)c1ccc(F)cc1OCC1Cc2ccccc21. The lowest BCUT2D eigenvalue weighted by Crippen LogP contribution is -2.23. The number of halogens is 1. The summed E-state index contributed by atoms with van der Waals surface area (Å²) in [6.45, 7) is 2.64. The molecule has 1 aliphatic carbocycles. The van der Waals surface area contributed by atoms with E-state index < -0.39 is 0 Å². The number of ether oxygens (including phenoxy) is 1. The van der Waals surface area contributed by atoms with E-state index in [1.807, 2.05) is 14.0 Å². The van der Waals surface area contributed by atoms with Crippen molar-refractivity contribution in [2.24, 2.45) is 0 Å². The predicted octanol–water partition coefficient (Wildman–Crippen LogP) is 3.82. The molecular weight excluding hydrogens is 265 g/mol. The van der Waals surface area contributed by atoms with Crippen LogP contribution in [0.15, 0.2) is 42.5 Å². The topological polar surface area (TPSA) is 21.3 Å². The number of rotatable bonds is 5. The van der Waals surface area contributed by atoms with Gasteiger partial charge in [0.2, 0.25) is 0 Å². The highest BCUT2D eigenvalue weighted by Gasteiger charge is 2.26. The van der Waals surface area contributed by atoms with Crippen molar-refractivity contribution in [3.05, 3.63) is 65.0 Å². The summed E-state index contributed by atoms with van der Waals surface area (Å²) in [6.07, 6.45) is 1.04. The molecule has 2 aromatic carbocycles. The van der Waals surface area contributed by atoms with Gasteiger partial charge in [0.1, 0.15) is 11.6 Å². The first kappa shape index (κ1) is 14.1. The number of hydrogen-bond acceptors (Lipinski definition) is 2. The van der Waals surface area contributed by atoms with Crippen LogP contribution in [0.5, 0.6) is 5.75 Å². The van der Waals surface area contributed by atoms with Crippen molar-refractivity contribution in [1.29, 1.82) is 0 Å². The lowest BCUT2D eigenvalue weighted by Gasteiger charge is -2.30. The van der Waals surface area contributed by atoms with Gasteiger partial charge >= 0.3 is 0 Å². The van der Waals surface area contributed by atoms with Crippen LogP contribution in [-0.2, 0) is 6.42 Å². The molecule has 2 aromatic rings. The molecule has 3 heteroatoms. The van der Waals surface area contributed by atoms with Gasteiger partial charge in [0.05, 0.1) is 6.61 Å². The van der Waals surface area contributed by atoms with Crippen LogP contribution in [0.1, 0.15) is 35.6 Å². The molecule has 2 atom stereocenters. The molecule has 2 nitrogen and oxygen atoms in total. The van der Waals surface area contributed by atoms with E-state index in [-0.39, 0.29) is 11.9 Å². The average molecular weight is 285 g/mol. The highest BCUT2D eigenvalue weighted by atomic mass is 19.1. The van der Waals surface area contributed by atoms with Gasteiger partial charge in [-0.2, -0.15) is 0 Å². The number of fused-ring (bicyclic) bond motifs is 1. The first-order valence-corrected chi connectivity index (χ1v) is 7.36. The zero-order valence-electron chi connectivity index (χ0n) is 12.4. The van der Waals surface area contributed by atoms with E-state index in [1.54, 1.807) is 6.07 Å². The minimum atomic E-state index is -0.258. The van der Waals surface area contributed by atoms with E-state index in [9.17, 15) is 4.39 Å². The van der Waals surface area contributed by atoms with Gasteiger partial charge in [0, 0.05) is 23.6 Å². The molecular formula is C18H20FNO. The van der Waals surface area contributed by atoms with E-state index in [4.69, 9.17) is 4.74 Å². The van der Waals surface area contributed by atoms with Crippen LogP contribution in [0.3, 0.4) is 0 Å². The third kappa shape index (κ3) is 2.79. The molecule has 0 radical (unpaired) electrons. The molecule has 21 heavy (non-hydrogen) atoms.